The molecule has 3 fully saturated rings. The quantitative estimate of drug-likeness (QED) is 0.306. The maximum Gasteiger partial charge on any atom is 0.278 e. The van der Waals surface area contributed by atoms with Crippen molar-refractivity contribution in [3.8, 4) is 5.82 Å². The highest BCUT2D eigenvalue weighted by atomic mass is 19.3. The van der Waals surface area contributed by atoms with Gasteiger partial charge in [-0.2, -0.15) is 10.1 Å². The summed E-state index contributed by atoms with van der Waals surface area (Å²) in [6.45, 7) is 5.73. The minimum Gasteiger partial charge on any atom is -0.321 e. The smallest absolute Gasteiger partial charge is 0.278 e. The number of alkyl halides is 2. The van der Waals surface area contributed by atoms with E-state index in [9.17, 15) is 13.6 Å². The van der Waals surface area contributed by atoms with Gasteiger partial charge in [-0.3, -0.25) is 9.48 Å². The second-order valence-electron chi connectivity index (χ2n) is 12.4. The molecule has 0 aromatic carbocycles. The average molecular weight is 578 g/mol. The fourth-order valence-corrected chi connectivity index (χ4v) is 6.55. The van der Waals surface area contributed by atoms with Crippen molar-refractivity contribution in [2.45, 2.75) is 95.2 Å². The van der Waals surface area contributed by atoms with Gasteiger partial charge in [-0.05, 0) is 64.5 Å². The van der Waals surface area contributed by atoms with Gasteiger partial charge in [0.25, 0.3) is 5.56 Å². The molecule has 1 N–H and O–H groups in total. The fourth-order valence-electron chi connectivity index (χ4n) is 6.55. The fraction of sp³-hybridized carbons (Fsp3) is 0.567. The Hall–Kier alpha value is -3.67. The molecule has 1 saturated heterocycles. The number of anilines is 2. The van der Waals surface area contributed by atoms with Gasteiger partial charge in [0.1, 0.15) is 5.39 Å². The lowest BCUT2D eigenvalue weighted by molar-refractivity contribution is -0.0566. The molecule has 1 aliphatic heterocycles. The first-order valence-electron chi connectivity index (χ1n) is 15.2. The number of piperidine rings is 1. The minimum absolute atomic E-state index is 0.00132. The van der Waals surface area contributed by atoms with E-state index < -0.39 is 5.92 Å². The topological polar surface area (TPSA) is 98.7 Å². The van der Waals surface area contributed by atoms with Gasteiger partial charge in [0.2, 0.25) is 11.9 Å². The van der Waals surface area contributed by atoms with Crippen LogP contribution in [0.25, 0.3) is 16.9 Å². The van der Waals surface area contributed by atoms with Crippen LogP contribution in [0.2, 0.25) is 0 Å². The van der Waals surface area contributed by atoms with Gasteiger partial charge in [-0.1, -0.05) is 6.07 Å². The zero-order chi connectivity index (χ0) is 29.0. The van der Waals surface area contributed by atoms with E-state index >= 15 is 0 Å². The van der Waals surface area contributed by atoms with Gasteiger partial charge < -0.3 is 10.2 Å². The summed E-state index contributed by atoms with van der Waals surface area (Å²) < 4.78 is 32.7. The summed E-state index contributed by atoms with van der Waals surface area (Å²) in [4.78, 5) is 29.9. The number of likely N-dealkylation sites (tertiary alicyclic amines) is 1. The summed E-state index contributed by atoms with van der Waals surface area (Å²) in [7, 11) is 0. The molecule has 3 aliphatic rings. The maximum atomic E-state index is 13.6. The molecule has 0 radical (unpaired) electrons. The van der Waals surface area contributed by atoms with Crippen LogP contribution in [0.5, 0.6) is 0 Å². The molecule has 0 unspecified atom stereocenters. The lowest BCUT2D eigenvalue weighted by atomic mass is 9.89. The van der Waals surface area contributed by atoms with Gasteiger partial charge in [-0.25, -0.2) is 28.1 Å². The molecule has 2 aliphatic carbocycles. The molecule has 0 atom stereocenters. The van der Waals surface area contributed by atoms with E-state index in [-0.39, 0.29) is 36.5 Å². The van der Waals surface area contributed by atoms with Crippen LogP contribution in [0, 0.1) is 0 Å². The second-order valence-corrected chi connectivity index (χ2v) is 12.4. The molecule has 2 saturated carbocycles. The van der Waals surface area contributed by atoms with Crippen LogP contribution in [-0.2, 0) is 0 Å². The van der Waals surface area contributed by atoms with E-state index in [0.29, 0.717) is 41.6 Å². The van der Waals surface area contributed by atoms with Crippen molar-refractivity contribution in [1.29, 1.82) is 0 Å². The predicted octanol–water partition coefficient (Wildman–Crippen LogP) is 5.59. The van der Waals surface area contributed by atoms with Crippen LogP contribution in [0.3, 0.4) is 0 Å². The monoisotopic (exact) mass is 577 g/mol. The largest absolute Gasteiger partial charge is 0.321 e. The van der Waals surface area contributed by atoms with E-state index in [1.807, 2.05) is 47.6 Å². The van der Waals surface area contributed by atoms with E-state index in [1.165, 1.54) is 0 Å². The molecule has 222 valence electrons. The maximum absolute atomic E-state index is 13.6. The Kier molecular flexibility index (Phi) is 6.83. The van der Waals surface area contributed by atoms with Crippen molar-refractivity contribution in [2.24, 2.45) is 0 Å². The van der Waals surface area contributed by atoms with Gasteiger partial charge in [0.15, 0.2) is 11.5 Å². The highest BCUT2D eigenvalue weighted by Gasteiger charge is 2.38. The van der Waals surface area contributed by atoms with Crippen LogP contribution in [0.4, 0.5) is 20.4 Å². The lowest BCUT2D eigenvalue weighted by Crippen LogP contribution is -2.45. The molecular weight excluding hydrogens is 540 g/mol. The third kappa shape index (κ3) is 5.21. The Balaban J connectivity index is 1.09. The SMILES string of the molecule is CC(C)n1c(=O)c2cnc(Nc3cnn(C4CCN(C5CCC(F)(F)CC5)CC4)c3)nc2n1-c1cccc(C2CC2)n1. The van der Waals surface area contributed by atoms with Crippen molar-refractivity contribution in [1.82, 2.24) is 39.0 Å². The first-order chi connectivity index (χ1) is 20.3. The Labute approximate surface area is 242 Å². The summed E-state index contributed by atoms with van der Waals surface area (Å²) in [6.07, 6.45) is 10.6. The van der Waals surface area contributed by atoms with E-state index in [4.69, 9.17) is 9.97 Å². The normalized spacial score (nSPS) is 20.5. The number of aromatic nitrogens is 7. The van der Waals surface area contributed by atoms with Crippen LogP contribution >= 0.6 is 0 Å². The number of nitrogens with one attached hydrogen (secondary N) is 1. The number of hydrogen-bond donors (Lipinski definition) is 1. The standard InChI is InChI=1S/C30H37F2N9O/c1-19(2)40-28(42)24-17-33-29(37-27(24)41(40)26-5-3-4-25(36-26)20-6-7-20)35-21-16-34-39(18-21)23-10-14-38(15-11-23)22-8-12-30(31,32)13-9-22/h3-5,16-20,22-23H,6-15H2,1-2H3,(H,33,35,37). The number of halogens is 2. The lowest BCUT2D eigenvalue weighted by Gasteiger charge is -2.40. The van der Waals surface area contributed by atoms with Gasteiger partial charge in [-0.15, -0.1) is 0 Å². The van der Waals surface area contributed by atoms with Crippen LogP contribution in [0.15, 0.2) is 41.6 Å². The molecule has 7 rings (SSSR count). The van der Waals surface area contributed by atoms with Crippen molar-refractivity contribution in [3.05, 3.63) is 52.8 Å². The van der Waals surface area contributed by atoms with Crippen LogP contribution in [0.1, 0.15) is 88.9 Å². The van der Waals surface area contributed by atoms with E-state index in [2.05, 4.69) is 20.3 Å². The third-order valence-corrected chi connectivity index (χ3v) is 9.01. The van der Waals surface area contributed by atoms with E-state index in [1.54, 1.807) is 17.1 Å². The van der Waals surface area contributed by atoms with Gasteiger partial charge in [0.05, 0.1) is 17.9 Å². The molecule has 0 spiro atoms. The van der Waals surface area contributed by atoms with Crippen LogP contribution < -0.4 is 10.9 Å². The van der Waals surface area contributed by atoms with Crippen molar-refractivity contribution < 1.29 is 8.78 Å². The third-order valence-electron chi connectivity index (χ3n) is 9.01. The van der Waals surface area contributed by atoms with Crippen LogP contribution in [-0.4, -0.2) is 64.0 Å². The summed E-state index contributed by atoms with van der Waals surface area (Å²) >= 11 is 0. The first kappa shape index (κ1) is 27.2. The second kappa shape index (κ2) is 10.6. The highest BCUT2D eigenvalue weighted by molar-refractivity contribution is 5.77. The summed E-state index contributed by atoms with van der Waals surface area (Å²) in [6, 6.07) is 6.37. The molecule has 0 bridgehead atoms. The highest BCUT2D eigenvalue weighted by Crippen LogP contribution is 2.39. The number of pyridine rings is 1. The number of nitrogens with zero attached hydrogens (tertiary/aromatic N) is 8. The summed E-state index contributed by atoms with van der Waals surface area (Å²) in [5.41, 5.74) is 2.17. The minimum atomic E-state index is -2.49. The van der Waals surface area contributed by atoms with Gasteiger partial charge >= 0.3 is 0 Å². The molecular formula is C30H37F2N9O. The number of hydrogen-bond acceptors (Lipinski definition) is 7. The summed E-state index contributed by atoms with van der Waals surface area (Å²) in [5.74, 6) is -0.957. The Morgan fingerprint density at radius 1 is 0.976 bits per heavy atom. The summed E-state index contributed by atoms with van der Waals surface area (Å²) in [5, 5.41) is 8.31. The molecule has 4 aromatic heterocycles. The predicted molar refractivity (Wildman–Crippen MR) is 156 cm³/mol. The molecule has 10 nitrogen and oxygen atoms in total. The van der Waals surface area contributed by atoms with Crippen molar-refractivity contribution in [2.75, 3.05) is 18.4 Å². The first-order valence-corrected chi connectivity index (χ1v) is 15.2. The zero-order valence-electron chi connectivity index (χ0n) is 24.1. The molecule has 0 amide bonds. The molecule has 12 heteroatoms. The number of fused-ring (bicyclic) bond motifs is 1. The van der Waals surface area contributed by atoms with E-state index in [0.717, 1.165) is 50.2 Å². The Bertz CT molecular complexity index is 1640. The molecule has 5 heterocycles. The van der Waals surface area contributed by atoms with Crippen molar-refractivity contribution in [3.63, 3.8) is 0 Å². The van der Waals surface area contributed by atoms with Crippen molar-refractivity contribution >= 4 is 22.7 Å². The van der Waals surface area contributed by atoms with Gasteiger partial charge in [0, 0.05) is 62.0 Å². The molecule has 42 heavy (non-hydrogen) atoms. The Morgan fingerprint density at radius 3 is 2.45 bits per heavy atom. The number of rotatable bonds is 7. The average Bonchev–Trinajstić information content (AvgIpc) is 3.66. The Morgan fingerprint density at radius 2 is 1.74 bits per heavy atom. The zero-order valence-corrected chi connectivity index (χ0v) is 24.1. The molecule has 4 aromatic rings.